The molecule has 1 atom stereocenters. The molecule has 0 bridgehead atoms. The van der Waals surface area contributed by atoms with Crippen LogP contribution in [0.1, 0.15) is 122 Å². The Bertz CT molecular complexity index is 579. The van der Waals surface area contributed by atoms with Crippen LogP contribution in [0.2, 0.25) is 0 Å². The van der Waals surface area contributed by atoms with Crippen LogP contribution in [0.3, 0.4) is 0 Å². The molecule has 5 nitrogen and oxygen atoms in total. The number of unbranched alkanes of at least 4 members (excludes halogenated alkanes) is 14. The molecule has 0 aliphatic rings. The lowest BCUT2D eigenvalue weighted by Gasteiger charge is -2.35. The van der Waals surface area contributed by atoms with Crippen molar-refractivity contribution in [2.45, 2.75) is 128 Å². The van der Waals surface area contributed by atoms with Gasteiger partial charge in [-0.1, -0.05) is 102 Å². The van der Waals surface area contributed by atoms with Gasteiger partial charge in [-0.15, -0.1) is 0 Å². The van der Waals surface area contributed by atoms with Crippen LogP contribution in [0, 0.1) is 0 Å². The SMILES string of the molecule is CCC/C=C\CC/C=C\CCCCCCCCCCCCCCC(O)(C[N+](C)(C)C)P(=O)(O)O. The molecule has 0 fully saturated rings. The van der Waals surface area contributed by atoms with Crippen LogP contribution in [-0.2, 0) is 4.57 Å². The van der Waals surface area contributed by atoms with Crippen molar-refractivity contribution >= 4 is 7.60 Å². The summed E-state index contributed by atoms with van der Waals surface area (Å²) in [6, 6.07) is 0. The summed E-state index contributed by atoms with van der Waals surface area (Å²) in [5, 5.41) is 8.65. The van der Waals surface area contributed by atoms with Gasteiger partial charge in [0.2, 0.25) is 5.34 Å². The first-order chi connectivity index (χ1) is 16.0. The molecule has 0 aromatic rings. The summed E-state index contributed by atoms with van der Waals surface area (Å²) in [6.45, 7) is 2.28. The van der Waals surface area contributed by atoms with Crippen molar-refractivity contribution in [3.05, 3.63) is 24.3 Å². The van der Waals surface area contributed by atoms with Gasteiger partial charge in [0.15, 0.2) is 0 Å². The maximum atomic E-state index is 11.8. The van der Waals surface area contributed by atoms with Crippen molar-refractivity contribution in [2.75, 3.05) is 27.7 Å². The summed E-state index contributed by atoms with van der Waals surface area (Å²) in [5.74, 6) is 0. The van der Waals surface area contributed by atoms with Gasteiger partial charge in [0, 0.05) is 0 Å². The van der Waals surface area contributed by atoms with Crippen molar-refractivity contribution in [1.82, 2.24) is 0 Å². The Labute approximate surface area is 211 Å². The summed E-state index contributed by atoms with van der Waals surface area (Å²) in [6.07, 6.45) is 29.8. The maximum absolute atomic E-state index is 11.8. The smallest absolute Gasteiger partial charge is 0.362 e. The fourth-order valence-electron chi connectivity index (χ4n) is 4.35. The van der Waals surface area contributed by atoms with E-state index in [1.165, 1.54) is 89.9 Å². The van der Waals surface area contributed by atoms with E-state index in [4.69, 9.17) is 0 Å². The predicted octanol–water partition coefficient (Wildman–Crippen LogP) is 7.71. The highest BCUT2D eigenvalue weighted by atomic mass is 31.2. The molecule has 0 aliphatic carbocycles. The first-order valence-corrected chi connectivity index (χ1v) is 15.5. The van der Waals surface area contributed by atoms with E-state index in [1.807, 2.05) is 21.1 Å². The molecule has 34 heavy (non-hydrogen) atoms. The Morgan fingerprint density at radius 2 is 1.03 bits per heavy atom. The first kappa shape index (κ1) is 33.5. The van der Waals surface area contributed by atoms with Crippen LogP contribution >= 0.6 is 7.60 Å². The maximum Gasteiger partial charge on any atom is 0.362 e. The van der Waals surface area contributed by atoms with E-state index in [2.05, 4.69) is 31.2 Å². The zero-order chi connectivity index (χ0) is 25.8. The molecule has 0 aromatic heterocycles. The zero-order valence-corrected chi connectivity index (χ0v) is 23.8. The molecule has 0 amide bonds. The number of aliphatic hydroxyl groups is 1. The van der Waals surface area contributed by atoms with Gasteiger partial charge in [0.1, 0.15) is 6.54 Å². The molecule has 0 saturated heterocycles. The van der Waals surface area contributed by atoms with Crippen molar-refractivity contribution in [3.8, 4) is 0 Å². The molecule has 1 unspecified atom stereocenters. The van der Waals surface area contributed by atoms with E-state index in [0.29, 0.717) is 10.9 Å². The van der Waals surface area contributed by atoms with E-state index in [9.17, 15) is 19.5 Å². The van der Waals surface area contributed by atoms with Crippen molar-refractivity contribution < 1.29 is 23.9 Å². The molecule has 0 spiro atoms. The topological polar surface area (TPSA) is 77.8 Å². The monoisotopic (exact) mass is 502 g/mol. The average molecular weight is 503 g/mol. The van der Waals surface area contributed by atoms with Crippen LogP contribution in [-0.4, -0.2) is 52.4 Å². The fraction of sp³-hybridized carbons (Fsp3) is 0.857. The second-order valence-corrected chi connectivity index (χ2v) is 13.0. The summed E-state index contributed by atoms with van der Waals surface area (Å²) in [4.78, 5) is 19.2. The van der Waals surface area contributed by atoms with Gasteiger partial charge in [0.25, 0.3) is 0 Å². The Morgan fingerprint density at radius 1 is 0.647 bits per heavy atom. The lowest BCUT2D eigenvalue weighted by atomic mass is 10.0. The highest BCUT2D eigenvalue weighted by Crippen LogP contribution is 2.52. The molecule has 202 valence electrons. The summed E-state index contributed by atoms with van der Waals surface area (Å²) in [5.41, 5.74) is 0. The number of nitrogens with zero attached hydrogens (tertiary/aromatic N) is 1. The van der Waals surface area contributed by atoms with E-state index < -0.39 is 12.9 Å². The number of allylic oxidation sites excluding steroid dienone is 4. The van der Waals surface area contributed by atoms with Crippen LogP contribution in [0.15, 0.2) is 24.3 Å². The van der Waals surface area contributed by atoms with E-state index in [0.717, 1.165) is 12.8 Å². The fourth-order valence-corrected chi connectivity index (χ4v) is 5.40. The van der Waals surface area contributed by atoms with Gasteiger partial charge >= 0.3 is 7.60 Å². The third-order valence-corrected chi connectivity index (χ3v) is 7.71. The minimum absolute atomic E-state index is 0.0605. The van der Waals surface area contributed by atoms with Crippen LogP contribution < -0.4 is 0 Å². The third-order valence-electron chi connectivity index (χ3n) is 6.26. The molecule has 0 heterocycles. The number of rotatable bonds is 23. The Morgan fingerprint density at radius 3 is 1.44 bits per heavy atom. The van der Waals surface area contributed by atoms with Gasteiger partial charge in [-0.3, -0.25) is 4.57 Å². The second kappa shape index (κ2) is 19.7. The van der Waals surface area contributed by atoms with E-state index >= 15 is 0 Å². The van der Waals surface area contributed by atoms with E-state index in [-0.39, 0.29) is 13.0 Å². The minimum Gasteiger partial charge on any atom is -0.373 e. The van der Waals surface area contributed by atoms with Gasteiger partial charge < -0.3 is 19.4 Å². The lowest BCUT2D eigenvalue weighted by Crippen LogP contribution is -2.49. The van der Waals surface area contributed by atoms with Gasteiger partial charge in [-0.2, -0.15) is 0 Å². The Hall–Kier alpha value is -0.450. The minimum atomic E-state index is -4.55. The van der Waals surface area contributed by atoms with Gasteiger partial charge in [0.05, 0.1) is 21.1 Å². The van der Waals surface area contributed by atoms with Crippen LogP contribution in [0.5, 0.6) is 0 Å². The van der Waals surface area contributed by atoms with Crippen LogP contribution in [0.25, 0.3) is 0 Å². The van der Waals surface area contributed by atoms with Crippen molar-refractivity contribution in [3.63, 3.8) is 0 Å². The molecular formula is C28H57NO4P+. The Balaban J connectivity index is 3.55. The number of hydrogen-bond acceptors (Lipinski definition) is 2. The molecule has 0 rings (SSSR count). The number of quaternary nitrogens is 1. The highest BCUT2D eigenvalue weighted by molar-refractivity contribution is 7.53. The summed E-state index contributed by atoms with van der Waals surface area (Å²) < 4.78 is 12.1. The largest absolute Gasteiger partial charge is 0.373 e. The number of hydrogen-bond donors (Lipinski definition) is 3. The average Bonchev–Trinajstić information content (AvgIpc) is 2.73. The molecule has 0 saturated carbocycles. The Kier molecular flexibility index (Phi) is 19.4. The quantitative estimate of drug-likeness (QED) is 0.0578. The van der Waals surface area contributed by atoms with E-state index in [1.54, 1.807) is 0 Å². The molecule has 0 aliphatic heterocycles. The zero-order valence-electron chi connectivity index (χ0n) is 22.9. The molecule has 0 radical (unpaired) electrons. The van der Waals surface area contributed by atoms with Gasteiger partial charge in [-0.05, 0) is 44.9 Å². The highest BCUT2D eigenvalue weighted by Gasteiger charge is 2.48. The number of likely N-dealkylation sites (N-methyl/N-ethyl adjacent to an activating group) is 1. The molecular weight excluding hydrogens is 445 g/mol. The van der Waals surface area contributed by atoms with Crippen LogP contribution in [0.4, 0.5) is 0 Å². The lowest BCUT2D eigenvalue weighted by molar-refractivity contribution is -0.875. The van der Waals surface area contributed by atoms with Gasteiger partial charge in [-0.25, -0.2) is 0 Å². The normalized spacial score (nSPS) is 14.9. The standard InChI is InChI=1S/C28H56NO4P/c1-5-6-7-8-9-10-11-12-13-14-15-16-17-18-19-20-21-22-23-24-25-26-28(30,34(31,32)33)27-29(2,3)4/h7-8,11-12,30H,5-6,9-10,13-27H2,1-4H3,(H-,31,32,33)/p+1/b8-7-,12-11-. The molecule has 6 heteroatoms. The van der Waals surface area contributed by atoms with Crippen molar-refractivity contribution in [2.24, 2.45) is 0 Å². The molecule has 3 N–H and O–H groups in total. The second-order valence-electron chi connectivity index (χ2n) is 11.1. The molecule has 0 aromatic carbocycles. The van der Waals surface area contributed by atoms with Crippen molar-refractivity contribution in [1.29, 1.82) is 0 Å². The summed E-state index contributed by atoms with van der Waals surface area (Å²) in [7, 11) is 0.979. The third kappa shape index (κ3) is 19.8. The first-order valence-electron chi connectivity index (χ1n) is 13.9. The summed E-state index contributed by atoms with van der Waals surface area (Å²) >= 11 is 0. The predicted molar refractivity (Wildman–Crippen MR) is 147 cm³/mol.